The van der Waals surface area contributed by atoms with Crippen LogP contribution in [0.5, 0.6) is 0 Å². The highest BCUT2D eigenvalue weighted by Crippen LogP contribution is 2.44. The van der Waals surface area contributed by atoms with E-state index in [1.807, 2.05) is 13.8 Å². The van der Waals surface area contributed by atoms with Crippen LogP contribution in [0, 0.1) is 0 Å². The Balaban J connectivity index is 2.10. The number of ether oxygens (including phenoxy) is 1. The zero-order chi connectivity index (χ0) is 18.0. The topological polar surface area (TPSA) is 93.0 Å². The van der Waals surface area contributed by atoms with Gasteiger partial charge in [-0.2, -0.15) is 8.42 Å². The van der Waals surface area contributed by atoms with Gasteiger partial charge in [0, 0.05) is 17.5 Å². The predicted molar refractivity (Wildman–Crippen MR) is 91.5 cm³/mol. The van der Waals surface area contributed by atoms with Crippen molar-refractivity contribution in [2.24, 2.45) is 4.99 Å². The molecule has 0 saturated heterocycles. The first-order chi connectivity index (χ1) is 11.2. The molecule has 6 nitrogen and oxygen atoms in total. The van der Waals surface area contributed by atoms with Gasteiger partial charge >= 0.3 is 5.97 Å². The van der Waals surface area contributed by atoms with E-state index in [4.69, 9.17) is 0 Å². The van der Waals surface area contributed by atoms with Gasteiger partial charge in [-0.25, -0.2) is 0 Å². The fourth-order valence-corrected chi connectivity index (χ4v) is 3.56. The molecule has 1 atom stereocenters. The Kier molecular flexibility index (Phi) is 5.45. The molecule has 24 heavy (non-hydrogen) atoms. The summed E-state index contributed by atoms with van der Waals surface area (Å²) >= 11 is 0. The van der Waals surface area contributed by atoms with Gasteiger partial charge in [-0.3, -0.25) is 14.3 Å². The van der Waals surface area contributed by atoms with E-state index in [0.717, 1.165) is 42.6 Å². The molecule has 1 N–H and O–H groups in total. The molecule has 0 fully saturated rings. The van der Waals surface area contributed by atoms with Crippen LogP contribution in [0.1, 0.15) is 51.5 Å². The lowest BCUT2D eigenvalue weighted by atomic mass is 9.76. The van der Waals surface area contributed by atoms with E-state index in [1.165, 1.54) is 19.2 Å². The molecule has 132 valence electrons. The molecule has 1 aliphatic rings. The van der Waals surface area contributed by atoms with Crippen LogP contribution >= 0.6 is 0 Å². The monoisotopic (exact) mass is 353 g/mol. The molecule has 0 radical (unpaired) electrons. The summed E-state index contributed by atoms with van der Waals surface area (Å²) in [4.78, 5) is 15.5. The maximum absolute atomic E-state index is 11.4. The van der Waals surface area contributed by atoms with Crippen molar-refractivity contribution in [2.45, 2.75) is 56.3 Å². The standard InChI is InChI=1S/C17H23NO5S/c1-12-17(2,10-6-4-5-7-16(19)23-3)14-11-13(24(20,21)22)8-9-15(14)18-12/h8-9,11H,4-7,10H2,1-3H3,(H,20,21,22). The number of methoxy groups -OCH3 is 1. The zero-order valence-corrected chi connectivity index (χ0v) is 15.0. The number of hydrogen-bond acceptors (Lipinski definition) is 5. The molecular weight excluding hydrogens is 330 g/mol. The third-order valence-corrected chi connectivity index (χ3v) is 5.58. The van der Waals surface area contributed by atoms with E-state index < -0.39 is 10.1 Å². The molecular formula is C17H23NO5S. The highest BCUT2D eigenvalue weighted by molar-refractivity contribution is 7.85. The van der Waals surface area contributed by atoms with Crippen molar-refractivity contribution < 1.29 is 22.5 Å². The number of carbonyl (C=O) groups excluding carboxylic acids is 1. The minimum absolute atomic E-state index is 0.108. The highest BCUT2D eigenvalue weighted by Gasteiger charge is 2.37. The van der Waals surface area contributed by atoms with Gasteiger partial charge in [0.1, 0.15) is 0 Å². The SMILES string of the molecule is COC(=O)CCCCCC1(C)C(C)=Nc2ccc(S(=O)(=O)O)cc21. The summed E-state index contributed by atoms with van der Waals surface area (Å²) in [5.74, 6) is -0.206. The molecule has 0 aliphatic carbocycles. The van der Waals surface area contributed by atoms with Crippen LogP contribution in [0.3, 0.4) is 0 Å². The van der Waals surface area contributed by atoms with Crippen LogP contribution in [0.4, 0.5) is 5.69 Å². The van der Waals surface area contributed by atoms with Gasteiger partial charge in [0.25, 0.3) is 10.1 Å². The van der Waals surface area contributed by atoms with Gasteiger partial charge < -0.3 is 4.74 Å². The Morgan fingerprint density at radius 2 is 2.00 bits per heavy atom. The largest absolute Gasteiger partial charge is 0.469 e. The molecule has 0 spiro atoms. The van der Waals surface area contributed by atoms with Crippen molar-refractivity contribution in [3.05, 3.63) is 23.8 Å². The van der Waals surface area contributed by atoms with E-state index in [2.05, 4.69) is 9.73 Å². The summed E-state index contributed by atoms with van der Waals surface area (Å²) < 4.78 is 36.7. The Morgan fingerprint density at radius 1 is 1.29 bits per heavy atom. The molecule has 7 heteroatoms. The van der Waals surface area contributed by atoms with Crippen molar-refractivity contribution in [1.29, 1.82) is 0 Å². The lowest BCUT2D eigenvalue weighted by molar-refractivity contribution is -0.140. The van der Waals surface area contributed by atoms with E-state index in [0.29, 0.717) is 6.42 Å². The molecule has 0 bridgehead atoms. The second kappa shape index (κ2) is 7.03. The van der Waals surface area contributed by atoms with E-state index >= 15 is 0 Å². The van der Waals surface area contributed by atoms with Crippen LogP contribution in [0.2, 0.25) is 0 Å². The number of carbonyl (C=O) groups is 1. The molecule has 0 aromatic heterocycles. The number of aliphatic imine (C=N–C) groups is 1. The van der Waals surface area contributed by atoms with Crippen molar-refractivity contribution in [3.8, 4) is 0 Å². The Morgan fingerprint density at radius 3 is 2.62 bits per heavy atom. The average Bonchev–Trinajstić information content (AvgIpc) is 2.77. The van der Waals surface area contributed by atoms with E-state index in [9.17, 15) is 17.8 Å². The summed E-state index contributed by atoms with van der Waals surface area (Å²) in [6, 6.07) is 4.51. The lowest BCUT2D eigenvalue weighted by Gasteiger charge is -2.26. The van der Waals surface area contributed by atoms with Crippen LogP contribution in [-0.2, 0) is 25.1 Å². The Bertz CT molecular complexity index is 769. The second-order valence-corrected chi connectivity index (χ2v) is 7.74. The third-order valence-electron chi connectivity index (χ3n) is 4.73. The highest BCUT2D eigenvalue weighted by atomic mass is 32.2. The quantitative estimate of drug-likeness (QED) is 0.460. The van der Waals surface area contributed by atoms with Gasteiger partial charge in [-0.1, -0.05) is 19.8 Å². The number of benzene rings is 1. The Labute approximate surface area is 142 Å². The van der Waals surface area contributed by atoms with Crippen molar-refractivity contribution in [1.82, 2.24) is 0 Å². The lowest BCUT2D eigenvalue weighted by Crippen LogP contribution is -2.27. The first-order valence-electron chi connectivity index (χ1n) is 7.93. The van der Waals surface area contributed by atoms with Gasteiger partial charge in [-0.15, -0.1) is 0 Å². The number of unbranched alkanes of at least 4 members (excludes halogenated alkanes) is 2. The number of esters is 1. The molecule has 2 rings (SSSR count). The number of nitrogens with zero attached hydrogens (tertiary/aromatic N) is 1. The van der Waals surface area contributed by atoms with Crippen LogP contribution < -0.4 is 0 Å². The predicted octanol–water partition coefficient (Wildman–Crippen LogP) is 3.42. The fourth-order valence-electron chi connectivity index (χ4n) is 3.06. The van der Waals surface area contributed by atoms with Crippen molar-refractivity contribution in [2.75, 3.05) is 7.11 Å². The molecule has 1 aromatic rings. The van der Waals surface area contributed by atoms with Crippen LogP contribution in [0.25, 0.3) is 0 Å². The first kappa shape index (κ1) is 18.6. The van der Waals surface area contributed by atoms with Crippen molar-refractivity contribution >= 4 is 27.5 Å². The summed E-state index contributed by atoms with van der Waals surface area (Å²) in [7, 11) is -2.86. The minimum atomic E-state index is -4.24. The van der Waals surface area contributed by atoms with E-state index in [-0.39, 0.29) is 16.3 Å². The molecule has 1 unspecified atom stereocenters. The summed E-state index contributed by atoms with van der Waals surface area (Å²) in [5, 5.41) is 0. The third kappa shape index (κ3) is 3.84. The maximum Gasteiger partial charge on any atom is 0.305 e. The van der Waals surface area contributed by atoms with Crippen molar-refractivity contribution in [3.63, 3.8) is 0 Å². The first-order valence-corrected chi connectivity index (χ1v) is 9.37. The average molecular weight is 353 g/mol. The minimum Gasteiger partial charge on any atom is -0.469 e. The molecule has 1 heterocycles. The second-order valence-electron chi connectivity index (χ2n) is 6.32. The summed E-state index contributed by atoms with van der Waals surface area (Å²) in [5.41, 5.74) is 2.14. The summed E-state index contributed by atoms with van der Waals surface area (Å²) in [6.45, 7) is 3.97. The number of hydrogen-bond donors (Lipinski definition) is 1. The van der Waals surface area contributed by atoms with Crippen LogP contribution in [0.15, 0.2) is 28.1 Å². The van der Waals surface area contributed by atoms with Gasteiger partial charge in [-0.05, 0) is 43.5 Å². The van der Waals surface area contributed by atoms with Crippen LogP contribution in [-0.4, -0.2) is 31.8 Å². The Hall–Kier alpha value is -1.73. The zero-order valence-electron chi connectivity index (χ0n) is 14.2. The van der Waals surface area contributed by atoms with Gasteiger partial charge in [0.2, 0.25) is 0 Å². The normalized spacial score (nSPS) is 19.8. The molecule has 1 aromatic carbocycles. The maximum atomic E-state index is 11.4. The van der Waals surface area contributed by atoms with Gasteiger partial charge in [0.15, 0.2) is 0 Å². The van der Waals surface area contributed by atoms with Gasteiger partial charge in [0.05, 0.1) is 17.7 Å². The smallest absolute Gasteiger partial charge is 0.305 e. The molecule has 0 saturated carbocycles. The van der Waals surface area contributed by atoms with E-state index in [1.54, 1.807) is 6.07 Å². The summed E-state index contributed by atoms with van der Waals surface area (Å²) in [6.07, 6.45) is 3.73. The number of rotatable bonds is 7. The number of fused-ring (bicyclic) bond motifs is 1. The molecule has 0 amide bonds. The molecule has 1 aliphatic heterocycles. The fraction of sp³-hybridized carbons (Fsp3) is 0.529.